The Balaban J connectivity index is 1.61. The van der Waals surface area contributed by atoms with Gasteiger partial charge in [0.1, 0.15) is 12.2 Å². The van der Waals surface area contributed by atoms with Crippen LogP contribution < -0.4 is 9.84 Å². The van der Waals surface area contributed by atoms with Gasteiger partial charge < -0.3 is 5.11 Å². The molecule has 0 bridgehead atoms. The van der Waals surface area contributed by atoms with Crippen molar-refractivity contribution in [2.24, 2.45) is 5.11 Å². The van der Waals surface area contributed by atoms with E-state index in [-0.39, 0.29) is 16.4 Å². The van der Waals surface area contributed by atoms with Crippen LogP contribution in [0.5, 0.6) is 5.75 Å². The monoisotopic (exact) mass is 490 g/mol. The minimum absolute atomic E-state index is 0.00985. The molecule has 2 heterocycles. The van der Waals surface area contributed by atoms with Gasteiger partial charge in [-0.05, 0) is 43.2 Å². The van der Waals surface area contributed by atoms with Gasteiger partial charge in [0.15, 0.2) is 0 Å². The summed E-state index contributed by atoms with van der Waals surface area (Å²) >= 11 is 1.35. The summed E-state index contributed by atoms with van der Waals surface area (Å²) in [6.07, 6.45) is 8.54. The number of pyridine rings is 1. The summed E-state index contributed by atoms with van der Waals surface area (Å²) in [6.45, 7) is 5.49. The van der Waals surface area contributed by atoms with Crippen LogP contribution in [0.1, 0.15) is 24.5 Å². The predicted octanol–water partition coefficient (Wildman–Crippen LogP) is 4.29. The van der Waals surface area contributed by atoms with E-state index in [1.54, 1.807) is 25.6 Å². The van der Waals surface area contributed by atoms with Crippen molar-refractivity contribution in [3.63, 3.8) is 0 Å². The van der Waals surface area contributed by atoms with Crippen molar-refractivity contribution in [3.05, 3.63) is 89.1 Å². The zero-order valence-electron chi connectivity index (χ0n) is 18.4. The first-order valence-electron chi connectivity index (χ1n) is 10.7. The Bertz CT molecular complexity index is 1530. The van der Waals surface area contributed by atoms with Crippen LogP contribution in [0.3, 0.4) is 0 Å². The van der Waals surface area contributed by atoms with Crippen LogP contribution in [-0.4, -0.2) is 18.5 Å². The molecule has 0 radical (unpaired) electrons. The molecule has 0 spiro atoms. The number of nitrogens with zero attached hydrogens (tertiary/aromatic N) is 2. The van der Waals surface area contributed by atoms with E-state index in [0.29, 0.717) is 28.3 Å². The lowest BCUT2D eigenvalue weighted by atomic mass is 9.95. The van der Waals surface area contributed by atoms with E-state index in [0.717, 1.165) is 27.8 Å². The number of aromatic nitrogens is 1. The summed E-state index contributed by atoms with van der Waals surface area (Å²) in [5, 5.41) is 18.7. The van der Waals surface area contributed by atoms with Gasteiger partial charge in [0.05, 0.1) is 16.1 Å². The van der Waals surface area contributed by atoms with Crippen molar-refractivity contribution in [1.29, 1.82) is 0 Å². The van der Waals surface area contributed by atoms with Gasteiger partial charge in [0.2, 0.25) is 5.70 Å². The Morgan fingerprint density at radius 2 is 2.06 bits per heavy atom. The number of para-hydroxylation sites is 1. The van der Waals surface area contributed by atoms with E-state index in [1.165, 1.54) is 11.8 Å². The minimum atomic E-state index is -3.98. The van der Waals surface area contributed by atoms with Crippen molar-refractivity contribution in [2.75, 3.05) is 4.72 Å². The number of hydrogen-bond donors (Lipinski definition) is 3. The maximum absolute atomic E-state index is 13.3. The molecular weight excluding hydrogens is 468 g/mol. The van der Waals surface area contributed by atoms with E-state index >= 15 is 0 Å². The fraction of sp³-hybridized carbons (Fsp3) is 0.120. The highest BCUT2D eigenvalue weighted by atomic mass is 32.2. The van der Waals surface area contributed by atoms with Crippen molar-refractivity contribution in [1.82, 2.24) is 4.98 Å². The molecule has 0 saturated heterocycles. The molecule has 0 saturated carbocycles. The summed E-state index contributed by atoms with van der Waals surface area (Å²) in [7, 11) is -3.98. The number of azo groups is 1. The van der Waals surface area contributed by atoms with Gasteiger partial charge in [0.25, 0.3) is 0 Å². The van der Waals surface area contributed by atoms with Crippen LogP contribution >= 0.6 is 11.8 Å². The van der Waals surface area contributed by atoms with Crippen LogP contribution in [0.2, 0.25) is 0 Å². The number of sulfonamides is 1. The number of fused-ring (bicyclic) bond motifs is 2. The third-order valence-corrected chi connectivity index (χ3v) is 8.26. The largest absolute Gasteiger partial charge is 0.506 e. The highest BCUT2D eigenvalue weighted by Gasteiger charge is 2.43. The molecule has 3 aromatic rings. The van der Waals surface area contributed by atoms with E-state index in [1.807, 2.05) is 42.5 Å². The lowest BCUT2D eigenvalue weighted by Gasteiger charge is -2.20. The third kappa shape index (κ3) is 3.86. The number of aromatic hydroxyl groups is 1. The molecule has 170 valence electrons. The van der Waals surface area contributed by atoms with Crippen LogP contribution in [0, 0.1) is 6.42 Å². The van der Waals surface area contributed by atoms with Gasteiger partial charge in [-0.1, -0.05) is 47.2 Å². The Hall–Kier alpha value is -3.56. The second-order valence-electron chi connectivity index (χ2n) is 7.84. The molecule has 9 heteroatoms. The second kappa shape index (κ2) is 8.66. The zero-order valence-corrected chi connectivity index (χ0v) is 20.0. The first-order valence-corrected chi connectivity index (χ1v) is 13.0. The third-order valence-electron chi connectivity index (χ3n) is 5.70. The lowest BCUT2D eigenvalue weighted by molar-refractivity contribution is -0.465. The number of nitrogens with one attached hydrogen (secondary N) is 2. The molecule has 5 rings (SSSR count). The zero-order chi connectivity index (χ0) is 23.9. The molecule has 1 aliphatic carbocycles. The van der Waals surface area contributed by atoms with Gasteiger partial charge in [-0.25, -0.2) is 0 Å². The SMILES string of the molecule is C=C1N=[NH+]C([CH+]C)=C1S(=O)(=O)Nc1cc(Sc2cccc3cccnc23)c(O)c2c1CCC=C2. The molecule has 34 heavy (non-hydrogen) atoms. The maximum atomic E-state index is 13.3. The Kier molecular flexibility index (Phi) is 5.66. The van der Waals surface area contributed by atoms with Crippen LogP contribution in [0.15, 0.2) is 86.5 Å². The number of allylic oxidation sites excluding steroid dienone is 2. The quantitative estimate of drug-likeness (QED) is 0.353. The van der Waals surface area contributed by atoms with E-state index < -0.39 is 10.0 Å². The number of anilines is 1. The van der Waals surface area contributed by atoms with Crippen molar-refractivity contribution in [3.8, 4) is 5.75 Å². The van der Waals surface area contributed by atoms with Gasteiger partial charge in [0, 0.05) is 34.1 Å². The molecule has 0 unspecified atom stereocenters. The molecule has 1 aliphatic heterocycles. The maximum Gasteiger partial charge on any atom is 0.404 e. The Morgan fingerprint density at radius 3 is 2.88 bits per heavy atom. The van der Waals surface area contributed by atoms with E-state index in [2.05, 4.69) is 26.5 Å². The number of rotatable bonds is 6. The van der Waals surface area contributed by atoms with Crippen molar-refractivity contribution >= 4 is 44.5 Å². The molecule has 3 N–H and O–H groups in total. The highest BCUT2D eigenvalue weighted by molar-refractivity contribution is 7.99. The second-order valence-corrected chi connectivity index (χ2v) is 10.5. The van der Waals surface area contributed by atoms with E-state index in [9.17, 15) is 13.5 Å². The molecule has 7 nitrogen and oxygen atoms in total. The molecule has 0 amide bonds. The summed E-state index contributed by atoms with van der Waals surface area (Å²) < 4.78 is 29.4. The number of benzene rings is 2. The first-order chi connectivity index (χ1) is 16.4. The summed E-state index contributed by atoms with van der Waals surface area (Å²) in [4.78, 5) is 5.89. The van der Waals surface area contributed by atoms with Crippen molar-refractivity contribution in [2.45, 2.75) is 29.6 Å². The number of phenolic OH excluding ortho intramolecular Hbond substituents is 1. The number of hydrogen-bond acceptors (Lipinski definition) is 6. The van der Waals surface area contributed by atoms with Gasteiger partial charge >= 0.3 is 20.6 Å². The molecule has 0 fully saturated rings. The molecule has 2 aliphatic rings. The van der Waals surface area contributed by atoms with Crippen molar-refractivity contribution < 1.29 is 18.6 Å². The lowest BCUT2D eigenvalue weighted by Crippen LogP contribution is -2.61. The normalized spacial score (nSPS) is 15.1. The van der Waals surface area contributed by atoms with Crippen LogP contribution in [0.25, 0.3) is 17.0 Å². The Labute approximate surface area is 202 Å². The predicted molar refractivity (Wildman–Crippen MR) is 133 cm³/mol. The standard InChI is InChI=1S/C25H20N4O3S2/c1-3-19-25(15(2)27-28-19)34(31,32)29-20-14-22(24(30)18-11-5-4-10-17(18)20)33-21-12-6-8-16-9-7-13-26-23(16)21/h3,5-9,11-14H,2,4,10H2,1H3,(H-,27,28,29,30)/p+2. The average molecular weight is 491 g/mol. The molecule has 2 aromatic carbocycles. The summed E-state index contributed by atoms with van der Waals surface area (Å²) in [6, 6.07) is 11.4. The van der Waals surface area contributed by atoms with Gasteiger partial charge in [-0.3, -0.25) is 9.71 Å². The molecule has 0 atom stereocenters. The average Bonchev–Trinajstić information content (AvgIpc) is 3.23. The molecular formula is C25H22N4O3S2+2. The topological polar surface area (TPSA) is 106 Å². The highest BCUT2D eigenvalue weighted by Crippen LogP contribution is 2.45. The fourth-order valence-electron chi connectivity index (χ4n) is 4.11. The summed E-state index contributed by atoms with van der Waals surface area (Å²) in [5.41, 5.74) is 3.13. The smallest absolute Gasteiger partial charge is 0.404 e. The number of phenols is 1. The van der Waals surface area contributed by atoms with E-state index in [4.69, 9.17) is 0 Å². The van der Waals surface area contributed by atoms with Crippen LogP contribution in [0.4, 0.5) is 5.69 Å². The molecule has 1 aromatic heterocycles. The summed E-state index contributed by atoms with van der Waals surface area (Å²) in [5.74, 6) is 0.121. The first kappa shape index (κ1) is 22.2. The minimum Gasteiger partial charge on any atom is -0.506 e. The fourth-order valence-corrected chi connectivity index (χ4v) is 6.52. The van der Waals surface area contributed by atoms with Gasteiger partial charge in [-0.2, -0.15) is 8.42 Å². The Morgan fingerprint density at radius 1 is 1.24 bits per heavy atom. The van der Waals surface area contributed by atoms with Crippen LogP contribution in [-0.2, 0) is 16.4 Å². The van der Waals surface area contributed by atoms with Gasteiger partial charge in [-0.15, -0.1) is 0 Å².